The molecule has 1 aliphatic carbocycles. The van der Waals surface area contributed by atoms with Crippen molar-refractivity contribution in [3.05, 3.63) is 23.9 Å². The predicted octanol–water partition coefficient (Wildman–Crippen LogP) is 1.66. The third kappa shape index (κ3) is 4.01. The molecule has 1 aromatic heterocycles. The van der Waals surface area contributed by atoms with Crippen LogP contribution in [0.2, 0.25) is 0 Å². The molecule has 0 atom stereocenters. The second kappa shape index (κ2) is 6.20. The first kappa shape index (κ1) is 15.4. The van der Waals surface area contributed by atoms with Gasteiger partial charge in [0.2, 0.25) is 0 Å². The maximum atomic E-state index is 12.1. The van der Waals surface area contributed by atoms with E-state index in [1.165, 1.54) is 0 Å². The van der Waals surface area contributed by atoms with Gasteiger partial charge in [-0.1, -0.05) is 26.8 Å². The predicted molar refractivity (Wildman–Crippen MR) is 78.7 cm³/mol. The molecule has 1 aliphatic rings. The lowest BCUT2D eigenvalue weighted by molar-refractivity contribution is 0.270. The minimum atomic E-state index is -3.47. The lowest BCUT2D eigenvalue weighted by Crippen LogP contribution is -2.43. The molecule has 2 N–H and O–H groups in total. The number of nitrogens with one attached hydrogen (secondary N) is 2. The molecule has 0 bridgehead atoms. The molecule has 2 rings (SSSR count). The van der Waals surface area contributed by atoms with Crippen LogP contribution in [0.25, 0.3) is 0 Å². The van der Waals surface area contributed by atoms with E-state index in [-0.39, 0.29) is 11.1 Å². The van der Waals surface area contributed by atoms with Gasteiger partial charge in [0.05, 0.1) is 0 Å². The van der Waals surface area contributed by atoms with E-state index in [9.17, 15) is 8.42 Å². The Morgan fingerprint density at radius 1 is 1.35 bits per heavy atom. The van der Waals surface area contributed by atoms with Crippen LogP contribution in [0.3, 0.4) is 0 Å². The van der Waals surface area contributed by atoms with E-state index < -0.39 is 10.0 Å². The van der Waals surface area contributed by atoms with E-state index >= 15 is 0 Å². The quantitative estimate of drug-likeness (QED) is 0.837. The first-order valence-corrected chi connectivity index (χ1v) is 8.56. The second-order valence-corrected chi connectivity index (χ2v) is 7.60. The van der Waals surface area contributed by atoms with Crippen LogP contribution in [-0.2, 0) is 16.6 Å². The van der Waals surface area contributed by atoms with Gasteiger partial charge in [-0.25, -0.2) is 18.1 Å². The van der Waals surface area contributed by atoms with Crippen LogP contribution in [0.1, 0.15) is 39.2 Å². The average Bonchev–Trinajstić information content (AvgIpc) is 2.35. The van der Waals surface area contributed by atoms with E-state index in [4.69, 9.17) is 0 Å². The van der Waals surface area contributed by atoms with Crippen LogP contribution in [0.4, 0.5) is 0 Å². The standard InChI is InChI=1S/C14H23N3O2S/c1-10(2)15-8-12-4-5-14(16-9-12)20(18,19)17-13-6-11(3)7-13/h4-5,9-11,13,15,17H,6-8H2,1-3H3. The smallest absolute Gasteiger partial charge is 0.258 e. The number of nitrogens with zero attached hydrogens (tertiary/aromatic N) is 1. The normalized spacial score (nSPS) is 22.8. The summed E-state index contributed by atoms with van der Waals surface area (Å²) >= 11 is 0. The van der Waals surface area contributed by atoms with Crippen molar-refractivity contribution < 1.29 is 8.42 Å². The summed E-state index contributed by atoms with van der Waals surface area (Å²) in [4.78, 5) is 4.07. The molecule has 1 saturated carbocycles. The highest BCUT2D eigenvalue weighted by Crippen LogP contribution is 2.27. The molecule has 112 valence electrons. The zero-order valence-corrected chi connectivity index (χ0v) is 13.1. The third-order valence-corrected chi connectivity index (χ3v) is 4.92. The van der Waals surface area contributed by atoms with Crippen molar-refractivity contribution in [1.29, 1.82) is 0 Å². The highest BCUT2D eigenvalue weighted by atomic mass is 32.2. The SMILES string of the molecule is CC1CC(NS(=O)(=O)c2ccc(CNC(C)C)cn2)C1. The largest absolute Gasteiger partial charge is 0.310 e. The molecule has 1 heterocycles. The van der Waals surface area contributed by atoms with Crippen molar-refractivity contribution in [2.75, 3.05) is 0 Å². The van der Waals surface area contributed by atoms with Crippen molar-refractivity contribution in [3.8, 4) is 0 Å². The molecule has 0 unspecified atom stereocenters. The van der Waals surface area contributed by atoms with Gasteiger partial charge in [0.25, 0.3) is 10.0 Å². The first-order valence-electron chi connectivity index (χ1n) is 7.07. The van der Waals surface area contributed by atoms with Crippen molar-refractivity contribution in [3.63, 3.8) is 0 Å². The molecule has 0 spiro atoms. The van der Waals surface area contributed by atoms with Gasteiger partial charge < -0.3 is 5.32 Å². The summed E-state index contributed by atoms with van der Waals surface area (Å²) in [5.41, 5.74) is 0.981. The molecule has 6 heteroatoms. The number of aromatic nitrogens is 1. The van der Waals surface area contributed by atoms with Gasteiger partial charge in [0.1, 0.15) is 0 Å². The monoisotopic (exact) mass is 297 g/mol. The molecule has 0 aliphatic heterocycles. The van der Waals surface area contributed by atoms with Gasteiger partial charge in [0, 0.05) is 24.8 Å². The molecule has 1 aromatic rings. The molecular formula is C14H23N3O2S. The fraction of sp³-hybridized carbons (Fsp3) is 0.643. The van der Waals surface area contributed by atoms with Crippen molar-refractivity contribution in [2.24, 2.45) is 5.92 Å². The van der Waals surface area contributed by atoms with Gasteiger partial charge in [-0.15, -0.1) is 0 Å². The van der Waals surface area contributed by atoms with Gasteiger partial charge in [-0.3, -0.25) is 0 Å². The summed E-state index contributed by atoms with van der Waals surface area (Å²) in [5, 5.41) is 3.37. The van der Waals surface area contributed by atoms with Gasteiger partial charge in [-0.05, 0) is 30.4 Å². The van der Waals surface area contributed by atoms with E-state index in [2.05, 4.69) is 35.8 Å². The highest BCUT2D eigenvalue weighted by Gasteiger charge is 2.30. The van der Waals surface area contributed by atoms with E-state index in [1.807, 2.05) is 0 Å². The van der Waals surface area contributed by atoms with E-state index in [0.29, 0.717) is 18.5 Å². The molecular weight excluding hydrogens is 274 g/mol. The topological polar surface area (TPSA) is 71.1 Å². The Kier molecular flexibility index (Phi) is 4.78. The maximum Gasteiger partial charge on any atom is 0.258 e. The molecule has 0 radical (unpaired) electrons. The lowest BCUT2D eigenvalue weighted by Gasteiger charge is -2.32. The molecule has 1 fully saturated rings. The Morgan fingerprint density at radius 2 is 2.05 bits per heavy atom. The van der Waals surface area contributed by atoms with Gasteiger partial charge >= 0.3 is 0 Å². The fourth-order valence-electron chi connectivity index (χ4n) is 2.27. The minimum absolute atomic E-state index is 0.0686. The Morgan fingerprint density at radius 3 is 2.55 bits per heavy atom. The molecule has 20 heavy (non-hydrogen) atoms. The van der Waals surface area contributed by atoms with Crippen molar-refractivity contribution in [2.45, 2.75) is 57.3 Å². The molecule has 0 saturated heterocycles. The zero-order chi connectivity index (χ0) is 14.8. The van der Waals surface area contributed by atoms with Gasteiger partial charge in [0.15, 0.2) is 5.03 Å². The number of rotatable bonds is 6. The number of hydrogen-bond acceptors (Lipinski definition) is 4. The van der Waals surface area contributed by atoms with Gasteiger partial charge in [-0.2, -0.15) is 0 Å². The average molecular weight is 297 g/mol. The van der Waals surface area contributed by atoms with E-state index in [0.717, 1.165) is 18.4 Å². The highest BCUT2D eigenvalue weighted by molar-refractivity contribution is 7.89. The summed E-state index contributed by atoms with van der Waals surface area (Å²) < 4.78 is 27.0. The Labute approximate surface area is 121 Å². The number of pyridine rings is 1. The lowest BCUT2D eigenvalue weighted by atomic mass is 9.83. The Balaban J connectivity index is 1.97. The molecule has 0 aromatic carbocycles. The molecule has 0 amide bonds. The summed E-state index contributed by atoms with van der Waals surface area (Å²) in [6.45, 7) is 6.95. The summed E-state index contributed by atoms with van der Waals surface area (Å²) in [6.07, 6.45) is 3.44. The summed E-state index contributed by atoms with van der Waals surface area (Å²) in [5.74, 6) is 0.611. The number of sulfonamides is 1. The first-order chi connectivity index (χ1) is 9.37. The third-order valence-electron chi connectivity index (χ3n) is 3.48. The zero-order valence-electron chi connectivity index (χ0n) is 12.3. The van der Waals surface area contributed by atoms with Crippen LogP contribution in [0, 0.1) is 5.92 Å². The number of hydrogen-bond donors (Lipinski definition) is 2. The van der Waals surface area contributed by atoms with E-state index in [1.54, 1.807) is 18.3 Å². The van der Waals surface area contributed by atoms with Crippen LogP contribution < -0.4 is 10.0 Å². The Hall–Kier alpha value is -0.980. The Bertz CT molecular complexity index is 534. The summed E-state index contributed by atoms with van der Waals surface area (Å²) in [7, 11) is -3.47. The second-order valence-electron chi connectivity index (χ2n) is 5.94. The van der Waals surface area contributed by atoms with Crippen LogP contribution in [0.15, 0.2) is 23.4 Å². The summed E-state index contributed by atoms with van der Waals surface area (Å²) in [6, 6.07) is 3.84. The van der Waals surface area contributed by atoms with Crippen molar-refractivity contribution >= 4 is 10.0 Å². The maximum absolute atomic E-state index is 12.1. The van der Waals surface area contributed by atoms with Crippen LogP contribution >= 0.6 is 0 Å². The fourth-order valence-corrected chi connectivity index (χ4v) is 3.47. The van der Waals surface area contributed by atoms with Crippen molar-refractivity contribution in [1.82, 2.24) is 15.0 Å². The van der Waals surface area contributed by atoms with Crippen LogP contribution in [0.5, 0.6) is 0 Å². The minimum Gasteiger partial charge on any atom is -0.310 e. The van der Waals surface area contributed by atoms with Crippen LogP contribution in [-0.4, -0.2) is 25.5 Å². The molecule has 5 nitrogen and oxygen atoms in total.